The minimum atomic E-state index is -0.223. The van der Waals surface area contributed by atoms with Crippen LogP contribution in [-0.4, -0.2) is 36.1 Å². The molecule has 1 aliphatic heterocycles. The lowest BCUT2D eigenvalue weighted by molar-refractivity contribution is -0.153. The summed E-state index contributed by atoms with van der Waals surface area (Å²) in [5.41, 5.74) is 1.64. The minimum Gasteiger partial charge on any atom is -0.469 e. The average molecular weight is 266 g/mol. The van der Waals surface area contributed by atoms with Crippen LogP contribution in [-0.2, 0) is 16.1 Å². The number of hydrogen-bond acceptors (Lipinski definition) is 5. The zero-order chi connectivity index (χ0) is 12.6. The van der Waals surface area contributed by atoms with Gasteiger partial charge in [0.15, 0.2) is 0 Å². The Morgan fingerprint density at radius 3 is 3.33 bits per heavy atom. The van der Waals surface area contributed by atoms with Crippen molar-refractivity contribution < 1.29 is 9.53 Å². The molecule has 2 fully saturated rings. The highest BCUT2D eigenvalue weighted by molar-refractivity contribution is 7.09. The lowest BCUT2D eigenvalue weighted by atomic mass is 9.81. The number of thiazole rings is 1. The van der Waals surface area contributed by atoms with E-state index in [1.807, 2.05) is 11.7 Å². The van der Waals surface area contributed by atoms with Crippen LogP contribution < -0.4 is 0 Å². The van der Waals surface area contributed by atoms with Crippen molar-refractivity contribution in [1.29, 1.82) is 0 Å². The first kappa shape index (κ1) is 12.1. The van der Waals surface area contributed by atoms with E-state index in [9.17, 15) is 4.79 Å². The number of fused-ring (bicyclic) bond motifs is 1. The summed E-state index contributed by atoms with van der Waals surface area (Å²) in [6.45, 7) is 2.79. The monoisotopic (exact) mass is 266 g/mol. The Kier molecular flexibility index (Phi) is 3.11. The third-order valence-corrected chi connectivity index (χ3v) is 5.16. The second kappa shape index (κ2) is 4.63. The fourth-order valence-electron chi connectivity index (χ4n) is 3.59. The van der Waals surface area contributed by atoms with E-state index in [2.05, 4.69) is 9.88 Å². The van der Waals surface area contributed by atoms with Crippen LogP contribution in [0.4, 0.5) is 0 Å². The van der Waals surface area contributed by atoms with Crippen LogP contribution >= 0.6 is 11.3 Å². The molecule has 1 aromatic rings. The number of carbonyl (C=O) groups excluding carboxylic acids is 1. The molecular weight excluding hydrogens is 248 g/mol. The average Bonchev–Trinajstić information content (AvgIpc) is 3.03. The first-order chi connectivity index (χ1) is 8.74. The fraction of sp³-hybridized carbons (Fsp3) is 0.692. The number of methoxy groups -OCH3 is 1. The van der Waals surface area contributed by atoms with E-state index >= 15 is 0 Å². The van der Waals surface area contributed by atoms with Crippen molar-refractivity contribution in [2.45, 2.75) is 25.8 Å². The molecule has 1 saturated carbocycles. The topological polar surface area (TPSA) is 42.4 Å². The van der Waals surface area contributed by atoms with Gasteiger partial charge in [0, 0.05) is 30.7 Å². The quantitative estimate of drug-likeness (QED) is 0.784. The molecule has 1 saturated heterocycles. The maximum atomic E-state index is 12.1. The van der Waals surface area contributed by atoms with Gasteiger partial charge in [-0.05, 0) is 18.8 Å². The number of hydrogen-bond donors (Lipinski definition) is 0. The molecule has 0 bridgehead atoms. The van der Waals surface area contributed by atoms with E-state index < -0.39 is 0 Å². The Balaban J connectivity index is 1.74. The van der Waals surface area contributed by atoms with Gasteiger partial charge >= 0.3 is 5.97 Å². The van der Waals surface area contributed by atoms with Crippen molar-refractivity contribution in [3.63, 3.8) is 0 Å². The van der Waals surface area contributed by atoms with Crippen molar-refractivity contribution in [3.05, 3.63) is 16.6 Å². The van der Waals surface area contributed by atoms with E-state index in [1.165, 1.54) is 12.0 Å². The molecule has 0 radical (unpaired) electrons. The predicted molar refractivity (Wildman–Crippen MR) is 69.2 cm³/mol. The summed E-state index contributed by atoms with van der Waals surface area (Å²) in [5.74, 6) is 0.481. The predicted octanol–water partition coefficient (Wildman–Crippen LogP) is 1.92. The molecule has 18 heavy (non-hydrogen) atoms. The van der Waals surface area contributed by atoms with Gasteiger partial charge in [-0.1, -0.05) is 6.42 Å². The van der Waals surface area contributed by atoms with Crippen LogP contribution in [0, 0.1) is 11.3 Å². The molecule has 2 aliphatic rings. The zero-order valence-corrected chi connectivity index (χ0v) is 11.4. The first-order valence-electron chi connectivity index (χ1n) is 6.43. The van der Waals surface area contributed by atoms with Gasteiger partial charge in [-0.15, -0.1) is 11.3 Å². The van der Waals surface area contributed by atoms with E-state index in [1.54, 1.807) is 11.3 Å². The maximum absolute atomic E-state index is 12.1. The van der Waals surface area contributed by atoms with Crippen LogP contribution in [0.3, 0.4) is 0 Å². The number of ether oxygens (including phenoxy) is 1. The number of rotatable bonds is 3. The Bertz CT molecular complexity index is 434. The summed E-state index contributed by atoms with van der Waals surface area (Å²) >= 11 is 1.68. The Morgan fingerprint density at radius 2 is 2.61 bits per heavy atom. The SMILES string of the molecule is COC(=O)[C@]12CCC[C@H]1CN(Cc1cncs1)C2. The molecule has 0 unspecified atom stereocenters. The van der Waals surface area contributed by atoms with Gasteiger partial charge in [0.1, 0.15) is 0 Å². The molecule has 98 valence electrons. The zero-order valence-electron chi connectivity index (χ0n) is 10.6. The summed E-state index contributed by atoms with van der Waals surface area (Å²) in [7, 11) is 1.51. The number of nitrogens with zero attached hydrogens (tertiary/aromatic N) is 2. The molecule has 0 spiro atoms. The summed E-state index contributed by atoms with van der Waals surface area (Å²) in [5, 5.41) is 0. The van der Waals surface area contributed by atoms with Crippen molar-refractivity contribution in [2.75, 3.05) is 20.2 Å². The standard InChI is InChI=1S/C13H18N2O2S/c1-17-12(16)13-4-2-3-10(13)6-15(8-13)7-11-5-14-9-18-11/h5,9-10H,2-4,6-8H2,1H3/t10-,13-/m0/s1. The van der Waals surface area contributed by atoms with Crippen LogP contribution in [0.1, 0.15) is 24.1 Å². The molecule has 1 aliphatic carbocycles. The molecule has 3 rings (SSSR count). The lowest BCUT2D eigenvalue weighted by Crippen LogP contribution is -2.36. The Labute approximate surface area is 111 Å². The second-order valence-corrected chi connectivity index (χ2v) is 6.35. The summed E-state index contributed by atoms with van der Waals surface area (Å²) in [6, 6.07) is 0. The normalized spacial score (nSPS) is 31.5. The molecule has 2 atom stereocenters. The molecule has 1 aromatic heterocycles. The molecule has 2 heterocycles. The second-order valence-electron chi connectivity index (χ2n) is 5.37. The van der Waals surface area contributed by atoms with Gasteiger partial charge in [-0.25, -0.2) is 0 Å². The number of esters is 1. The summed E-state index contributed by atoms with van der Waals surface area (Å²) < 4.78 is 5.05. The molecule has 0 aromatic carbocycles. The number of aromatic nitrogens is 1. The molecule has 0 N–H and O–H groups in total. The van der Waals surface area contributed by atoms with Gasteiger partial charge < -0.3 is 4.74 Å². The van der Waals surface area contributed by atoms with Crippen molar-refractivity contribution in [1.82, 2.24) is 9.88 Å². The largest absolute Gasteiger partial charge is 0.469 e. The third-order valence-electron chi connectivity index (χ3n) is 4.40. The van der Waals surface area contributed by atoms with Crippen molar-refractivity contribution >= 4 is 17.3 Å². The highest BCUT2D eigenvalue weighted by atomic mass is 32.1. The fourth-order valence-corrected chi connectivity index (χ4v) is 4.23. The van der Waals surface area contributed by atoms with Crippen LogP contribution in [0.15, 0.2) is 11.7 Å². The summed E-state index contributed by atoms with van der Waals surface area (Å²) in [4.78, 5) is 19.9. The Hall–Kier alpha value is -0.940. The van der Waals surface area contributed by atoms with E-state index in [4.69, 9.17) is 4.74 Å². The van der Waals surface area contributed by atoms with Crippen LogP contribution in [0.5, 0.6) is 0 Å². The highest BCUT2D eigenvalue weighted by Gasteiger charge is 2.55. The van der Waals surface area contributed by atoms with Gasteiger partial charge in [-0.3, -0.25) is 14.7 Å². The van der Waals surface area contributed by atoms with Crippen LogP contribution in [0.25, 0.3) is 0 Å². The van der Waals surface area contributed by atoms with E-state index in [-0.39, 0.29) is 11.4 Å². The molecule has 5 heteroatoms. The third kappa shape index (κ3) is 1.86. The number of likely N-dealkylation sites (tertiary alicyclic amines) is 1. The van der Waals surface area contributed by atoms with Crippen molar-refractivity contribution in [3.8, 4) is 0 Å². The molecular formula is C13H18N2O2S. The lowest BCUT2D eigenvalue weighted by Gasteiger charge is -2.25. The van der Waals surface area contributed by atoms with Gasteiger partial charge in [0.2, 0.25) is 0 Å². The summed E-state index contributed by atoms with van der Waals surface area (Å²) in [6.07, 6.45) is 5.23. The smallest absolute Gasteiger partial charge is 0.313 e. The van der Waals surface area contributed by atoms with Gasteiger partial charge in [0.05, 0.1) is 18.0 Å². The van der Waals surface area contributed by atoms with Crippen LogP contribution in [0.2, 0.25) is 0 Å². The number of carbonyl (C=O) groups is 1. The maximum Gasteiger partial charge on any atom is 0.313 e. The minimum absolute atomic E-state index is 0.00296. The van der Waals surface area contributed by atoms with Gasteiger partial charge in [0.25, 0.3) is 0 Å². The Morgan fingerprint density at radius 1 is 1.72 bits per heavy atom. The highest BCUT2D eigenvalue weighted by Crippen LogP contribution is 2.49. The molecule has 0 amide bonds. The van der Waals surface area contributed by atoms with E-state index in [0.717, 1.165) is 38.9 Å². The first-order valence-corrected chi connectivity index (χ1v) is 7.31. The van der Waals surface area contributed by atoms with Crippen molar-refractivity contribution in [2.24, 2.45) is 11.3 Å². The molecule has 4 nitrogen and oxygen atoms in total. The van der Waals surface area contributed by atoms with E-state index in [0.29, 0.717) is 5.92 Å². The van der Waals surface area contributed by atoms with Gasteiger partial charge in [-0.2, -0.15) is 0 Å².